The molecule has 70 valence electrons. The monoisotopic (exact) mass is 191 g/mol. The van der Waals surface area contributed by atoms with E-state index < -0.39 is 16.2 Å². The van der Waals surface area contributed by atoms with Gasteiger partial charge in [-0.3, -0.25) is 4.18 Å². The average Bonchev–Trinajstić information content (AvgIpc) is 1.95. The highest BCUT2D eigenvalue weighted by molar-refractivity contribution is 7.85. The van der Waals surface area contributed by atoms with Crippen LogP contribution in [0, 0.1) is 0 Å². The van der Waals surface area contributed by atoms with Crippen molar-refractivity contribution in [3.05, 3.63) is 17.9 Å². The van der Waals surface area contributed by atoms with Crippen LogP contribution in [0.5, 0.6) is 0 Å². The van der Waals surface area contributed by atoms with E-state index in [4.69, 9.17) is 5.73 Å². The van der Waals surface area contributed by atoms with E-state index in [1.807, 2.05) is 0 Å². The van der Waals surface area contributed by atoms with Crippen molar-refractivity contribution in [1.29, 1.82) is 0 Å². The van der Waals surface area contributed by atoms with Gasteiger partial charge in [0.1, 0.15) is 0 Å². The van der Waals surface area contributed by atoms with Crippen LogP contribution in [0.2, 0.25) is 0 Å². The Morgan fingerprint density at radius 2 is 2.25 bits per heavy atom. The van der Waals surface area contributed by atoms with Crippen LogP contribution in [0.25, 0.3) is 0 Å². The van der Waals surface area contributed by atoms with E-state index >= 15 is 0 Å². The molecule has 1 atom stereocenters. The van der Waals surface area contributed by atoms with Crippen LogP contribution in [0.4, 0.5) is 0 Å². The van der Waals surface area contributed by atoms with Crippen molar-refractivity contribution in [2.75, 3.05) is 12.9 Å². The molecule has 5 heteroatoms. The van der Waals surface area contributed by atoms with Gasteiger partial charge in [-0.2, -0.15) is 8.42 Å². The van der Waals surface area contributed by atoms with Crippen molar-refractivity contribution in [2.24, 2.45) is 5.73 Å². The fraction of sp³-hybridized carbons (Fsp3) is 0.571. The second-order valence-corrected chi connectivity index (χ2v) is 3.92. The average molecular weight is 191 g/mol. The molecule has 0 spiro atoms. The molecule has 0 bridgehead atoms. The standard InChI is InChI=1S/C7H13NO3S/c1-3-4-5-7(8)6-11-12(2,9)10/h3,5,7H,6,8H2,1-2H3. The topological polar surface area (TPSA) is 69.4 Å². The van der Waals surface area contributed by atoms with Gasteiger partial charge in [-0.15, -0.1) is 5.73 Å². The number of rotatable bonds is 4. The van der Waals surface area contributed by atoms with Gasteiger partial charge in [0.2, 0.25) is 0 Å². The van der Waals surface area contributed by atoms with Gasteiger partial charge in [0, 0.05) is 0 Å². The molecule has 1 unspecified atom stereocenters. The zero-order valence-corrected chi connectivity index (χ0v) is 7.97. The first-order chi connectivity index (χ1) is 5.45. The smallest absolute Gasteiger partial charge is 0.264 e. The first kappa shape index (κ1) is 11.4. The molecule has 0 saturated carbocycles. The summed E-state index contributed by atoms with van der Waals surface area (Å²) < 4.78 is 25.4. The molecule has 0 fully saturated rings. The molecule has 0 aliphatic heterocycles. The van der Waals surface area contributed by atoms with Gasteiger partial charge < -0.3 is 5.73 Å². The van der Waals surface area contributed by atoms with Crippen molar-refractivity contribution in [1.82, 2.24) is 0 Å². The molecule has 0 radical (unpaired) electrons. The van der Waals surface area contributed by atoms with Crippen LogP contribution in [0.3, 0.4) is 0 Å². The highest BCUT2D eigenvalue weighted by atomic mass is 32.2. The van der Waals surface area contributed by atoms with Gasteiger partial charge in [0.15, 0.2) is 0 Å². The lowest BCUT2D eigenvalue weighted by atomic mass is 10.3. The van der Waals surface area contributed by atoms with Crippen LogP contribution in [0.1, 0.15) is 6.92 Å². The molecule has 0 rings (SSSR count). The largest absolute Gasteiger partial charge is 0.322 e. The van der Waals surface area contributed by atoms with Crippen molar-refractivity contribution in [3.8, 4) is 0 Å². The number of hydrogen-bond donors (Lipinski definition) is 1. The molecule has 0 saturated heterocycles. The van der Waals surface area contributed by atoms with Gasteiger partial charge in [-0.05, 0) is 19.1 Å². The highest BCUT2D eigenvalue weighted by Crippen LogP contribution is 1.89. The van der Waals surface area contributed by atoms with Crippen molar-refractivity contribution in [2.45, 2.75) is 13.0 Å². The molecule has 0 heterocycles. The van der Waals surface area contributed by atoms with Crippen LogP contribution in [-0.2, 0) is 14.3 Å². The lowest BCUT2D eigenvalue weighted by Gasteiger charge is -2.03. The number of nitrogens with two attached hydrogens (primary N) is 1. The van der Waals surface area contributed by atoms with Gasteiger partial charge in [-0.1, -0.05) is 0 Å². The lowest BCUT2D eigenvalue weighted by molar-refractivity contribution is 0.311. The Morgan fingerprint density at radius 1 is 1.67 bits per heavy atom. The second kappa shape index (κ2) is 5.11. The maximum Gasteiger partial charge on any atom is 0.264 e. The highest BCUT2D eigenvalue weighted by Gasteiger charge is 2.04. The molecule has 0 amide bonds. The molecule has 0 aromatic carbocycles. The summed E-state index contributed by atoms with van der Waals surface area (Å²) in [7, 11) is -3.38. The summed E-state index contributed by atoms with van der Waals surface area (Å²) in [6.45, 7) is 1.75. The summed E-state index contributed by atoms with van der Waals surface area (Å²) in [5.41, 5.74) is 8.17. The van der Waals surface area contributed by atoms with E-state index in [1.165, 1.54) is 0 Å². The molecule has 0 aromatic rings. The summed E-state index contributed by atoms with van der Waals surface area (Å²) in [4.78, 5) is 0. The summed E-state index contributed by atoms with van der Waals surface area (Å²) >= 11 is 0. The third-order valence-corrected chi connectivity index (χ3v) is 1.52. The molecule has 4 nitrogen and oxygen atoms in total. The summed E-state index contributed by atoms with van der Waals surface area (Å²) in [5.74, 6) is 0. The van der Waals surface area contributed by atoms with E-state index in [1.54, 1.807) is 19.1 Å². The Kier molecular flexibility index (Phi) is 4.85. The van der Waals surface area contributed by atoms with Crippen LogP contribution >= 0.6 is 0 Å². The fourth-order valence-corrected chi connectivity index (χ4v) is 0.874. The van der Waals surface area contributed by atoms with Crippen molar-refractivity contribution < 1.29 is 12.6 Å². The molecular formula is C7H13NO3S. The molecule has 0 aromatic heterocycles. The van der Waals surface area contributed by atoms with E-state index in [2.05, 4.69) is 9.91 Å². The van der Waals surface area contributed by atoms with Gasteiger partial charge in [0.05, 0.1) is 18.9 Å². The Labute approximate surface area is 72.8 Å². The maximum atomic E-state index is 10.5. The zero-order valence-electron chi connectivity index (χ0n) is 7.15. The minimum Gasteiger partial charge on any atom is -0.322 e. The summed E-state index contributed by atoms with van der Waals surface area (Å²) in [5, 5.41) is 0. The first-order valence-electron chi connectivity index (χ1n) is 3.43. The van der Waals surface area contributed by atoms with E-state index in [9.17, 15) is 8.42 Å². The molecular weight excluding hydrogens is 178 g/mol. The van der Waals surface area contributed by atoms with Gasteiger partial charge in [-0.25, -0.2) is 0 Å². The van der Waals surface area contributed by atoms with E-state index in [0.29, 0.717) is 0 Å². The Bertz CT molecular complexity index is 275. The molecule has 0 aliphatic carbocycles. The maximum absolute atomic E-state index is 10.5. The minimum absolute atomic E-state index is 0.0420. The van der Waals surface area contributed by atoms with E-state index in [-0.39, 0.29) is 6.61 Å². The van der Waals surface area contributed by atoms with Crippen LogP contribution in [0.15, 0.2) is 17.9 Å². The Morgan fingerprint density at radius 3 is 2.67 bits per heavy atom. The Hall–Kier alpha value is -0.610. The minimum atomic E-state index is -3.38. The SMILES string of the molecule is CC=C=CC(N)COS(C)(=O)=O. The number of hydrogen-bond acceptors (Lipinski definition) is 4. The van der Waals surface area contributed by atoms with Crippen LogP contribution < -0.4 is 5.73 Å². The third kappa shape index (κ3) is 7.50. The predicted octanol–water partition coefficient (Wildman–Crippen LogP) is 0.0211. The summed E-state index contributed by atoms with van der Waals surface area (Å²) in [6.07, 6.45) is 4.21. The summed E-state index contributed by atoms with van der Waals surface area (Å²) in [6, 6.07) is -0.434. The third-order valence-electron chi connectivity index (χ3n) is 0.952. The van der Waals surface area contributed by atoms with Crippen LogP contribution in [-0.4, -0.2) is 27.3 Å². The molecule has 0 aliphatic rings. The van der Waals surface area contributed by atoms with Gasteiger partial charge in [0.25, 0.3) is 10.1 Å². The first-order valence-corrected chi connectivity index (χ1v) is 5.24. The molecule has 12 heavy (non-hydrogen) atoms. The lowest BCUT2D eigenvalue weighted by Crippen LogP contribution is -2.24. The quantitative estimate of drug-likeness (QED) is 0.502. The van der Waals surface area contributed by atoms with Crippen molar-refractivity contribution in [3.63, 3.8) is 0 Å². The van der Waals surface area contributed by atoms with Gasteiger partial charge >= 0.3 is 0 Å². The molecule has 2 N–H and O–H groups in total. The fourth-order valence-electron chi connectivity index (χ4n) is 0.470. The predicted molar refractivity (Wildman–Crippen MR) is 47.1 cm³/mol. The normalized spacial score (nSPS) is 13.2. The zero-order chi connectivity index (χ0) is 9.61. The second-order valence-electron chi connectivity index (χ2n) is 2.27. The van der Waals surface area contributed by atoms with E-state index in [0.717, 1.165) is 6.26 Å². The Balaban J connectivity index is 3.88. The van der Waals surface area contributed by atoms with Crippen molar-refractivity contribution >= 4 is 10.1 Å².